The van der Waals surface area contributed by atoms with Crippen molar-refractivity contribution >= 4 is 23.2 Å². The standard InChI is InChI=1S/C21H23NO3S/c1-13-8-10-26-19(13)11-18-20(24)15-6-7-17(23)16(21(15)25-18)12-22-9-4-3-5-14(22)2/h6-8,10-11,14,23H,3-5,9,12H2,1-2H3/b18-11-/t14-/m0/s1. The number of fused-ring (bicyclic) bond motifs is 1. The van der Waals surface area contributed by atoms with Gasteiger partial charge in [0.2, 0.25) is 5.78 Å². The average molecular weight is 369 g/mol. The van der Waals surface area contributed by atoms with Gasteiger partial charge in [-0.25, -0.2) is 0 Å². The highest BCUT2D eigenvalue weighted by Crippen LogP contribution is 2.41. The van der Waals surface area contributed by atoms with Gasteiger partial charge >= 0.3 is 0 Å². The first-order valence-electron chi connectivity index (χ1n) is 9.12. The van der Waals surface area contributed by atoms with Crippen molar-refractivity contribution in [3.63, 3.8) is 0 Å². The third-order valence-corrected chi connectivity index (χ3v) is 6.35. The van der Waals surface area contributed by atoms with Crippen LogP contribution in [0.3, 0.4) is 0 Å². The molecule has 0 spiro atoms. The maximum absolute atomic E-state index is 12.8. The fourth-order valence-corrected chi connectivity index (χ4v) is 4.54. The molecule has 136 valence electrons. The maximum atomic E-state index is 12.8. The molecule has 5 heteroatoms. The lowest BCUT2D eigenvalue weighted by molar-refractivity contribution is 0.101. The van der Waals surface area contributed by atoms with E-state index in [1.54, 1.807) is 23.5 Å². The molecular formula is C21H23NO3S. The highest BCUT2D eigenvalue weighted by molar-refractivity contribution is 7.11. The minimum atomic E-state index is -0.110. The van der Waals surface area contributed by atoms with Gasteiger partial charge in [0.1, 0.15) is 11.5 Å². The van der Waals surface area contributed by atoms with Gasteiger partial charge in [-0.2, -0.15) is 0 Å². The maximum Gasteiger partial charge on any atom is 0.232 e. The molecule has 2 aliphatic rings. The fourth-order valence-electron chi connectivity index (χ4n) is 3.70. The Morgan fingerprint density at radius 3 is 2.92 bits per heavy atom. The molecule has 0 unspecified atom stereocenters. The number of rotatable bonds is 3. The van der Waals surface area contributed by atoms with E-state index in [2.05, 4.69) is 11.8 Å². The number of phenols is 1. The molecule has 0 bridgehead atoms. The zero-order valence-corrected chi connectivity index (χ0v) is 15.9. The summed E-state index contributed by atoms with van der Waals surface area (Å²) >= 11 is 1.59. The second kappa shape index (κ2) is 6.89. The number of hydrogen-bond donors (Lipinski definition) is 1. The molecule has 1 fully saturated rings. The molecule has 3 heterocycles. The molecule has 0 amide bonds. The average Bonchev–Trinajstić information content (AvgIpc) is 3.16. The van der Waals surface area contributed by atoms with Crippen molar-refractivity contribution in [1.82, 2.24) is 4.90 Å². The first-order valence-corrected chi connectivity index (χ1v) is 10.00. The smallest absolute Gasteiger partial charge is 0.232 e. The van der Waals surface area contributed by atoms with E-state index in [0.29, 0.717) is 29.7 Å². The number of nitrogens with zero attached hydrogens (tertiary/aromatic N) is 1. The van der Waals surface area contributed by atoms with E-state index < -0.39 is 0 Å². The van der Waals surface area contributed by atoms with Crippen molar-refractivity contribution in [3.8, 4) is 11.5 Å². The molecule has 4 nitrogen and oxygen atoms in total. The number of hydrogen-bond acceptors (Lipinski definition) is 5. The van der Waals surface area contributed by atoms with E-state index in [1.165, 1.54) is 19.3 Å². The summed E-state index contributed by atoms with van der Waals surface area (Å²) < 4.78 is 5.97. The van der Waals surface area contributed by atoms with Crippen LogP contribution in [0, 0.1) is 6.92 Å². The van der Waals surface area contributed by atoms with Crippen molar-refractivity contribution in [3.05, 3.63) is 50.9 Å². The number of aryl methyl sites for hydroxylation is 1. The van der Waals surface area contributed by atoms with E-state index in [-0.39, 0.29) is 11.5 Å². The minimum absolute atomic E-state index is 0.110. The predicted octanol–water partition coefficient (Wildman–Crippen LogP) is 4.75. The van der Waals surface area contributed by atoms with Gasteiger partial charge in [-0.05, 0) is 62.4 Å². The van der Waals surface area contributed by atoms with Crippen LogP contribution in [0.2, 0.25) is 0 Å². The Kier molecular flexibility index (Phi) is 4.59. The number of likely N-dealkylation sites (tertiary alicyclic amines) is 1. The number of Topliss-reactive ketones (excluding diaryl/α,β-unsaturated/α-hetero) is 1. The van der Waals surface area contributed by atoms with Crippen LogP contribution in [-0.2, 0) is 6.54 Å². The lowest BCUT2D eigenvalue weighted by Gasteiger charge is -2.33. The van der Waals surface area contributed by atoms with Crippen LogP contribution in [0.5, 0.6) is 11.5 Å². The summed E-state index contributed by atoms with van der Waals surface area (Å²) in [5, 5.41) is 12.4. The van der Waals surface area contributed by atoms with Crippen LogP contribution in [0.1, 0.15) is 52.5 Å². The highest BCUT2D eigenvalue weighted by atomic mass is 32.1. The summed E-state index contributed by atoms with van der Waals surface area (Å²) in [4.78, 5) is 16.2. The molecule has 1 N–H and O–H groups in total. The molecule has 1 aromatic carbocycles. The number of phenolic OH excluding ortho intramolecular Hbond substituents is 1. The lowest BCUT2D eigenvalue weighted by atomic mass is 10.0. The molecule has 26 heavy (non-hydrogen) atoms. The monoisotopic (exact) mass is 369 g/mol. The Balaban J connectivity index is 1.67. The molecule has 0 saturated carbocycles. The predicted molar refractivity (Wildman–Crippen MR) is 104 cm³/mol. The van der Waals surface area contributed by atoms with Gasteiger partial charge < -0.3 is 9.84 Å². The summed E-state index contributed by atoms with van der Waals surface area (Å²) in [6.07, 6.45) is 5.40. The molecule has 0 aliphatic carbocycles. The number of thiophene rings is 1. The van der Waals surface area contributed by atoms with E-state index in [9.17, 15) is 9.90 Å². The van der Waals surface area contributed by atoms with Crippen molar-refractivity contribution in [1.29, 1.82) is 0 Å². The second-order valence-electron chi connectivity index (χ2n) is 7.16. The quantitative estimate of drug-likeness (QED) is 0.793. The Labute approximate surface area is 157 Å². The number of ketones is 1. The Morgan fingerprint density at radius 1 is 1.35 bits per heavy atom. The third kappa shape index (κ3) is 3.06. The Morgan fingerprint density at radius 2 is 2.19 bits per heavy atom. The van der Waals surface area contributed by atoms with Crippen LogP contribution in [0.4, 0.5) is 0 Å². The largest absolute Gasteiger partial charge is 0.507 e. The van der Waals surface area contributed by atoms with Gasteiger partial charge in [-0.1, -0.05) is 6.42 Å². The number of piperidine rings is 1. The summed E-state index contributed by atoms with van der Waals surface area (Å²) in [7, 11) is 0. The van der Waals surface area contributed by atoms with Gasteiger partial charge in [-0.3, -0.25) is 9.69 Å². The van der Waals surface area contributed by atoms with Gasteiger partial charge in [-0.15, -0.1) is 11.3 Å². The molecule has 1 aromatic heterocycles. The van der Waals surface area contributed by atoms with Crippen LogP contribution in [0.15, 0.2) is 29.3 Å². The second-order valence-corrected chi connectivity index (χ2v) is 8.11. The number of carbonyl (C=O) groups excluding carboxylic acids is 1. The Hall–Kier alpha value is -2.11. The number of allylic oxidation sites excluding steroid dienone is 1. The summed E-state index contributed by atoms with van der Waals surface area (Å²) in [6, 6.07) is 5.78. The molecule has 1 atom stereocenters. The van der Waals surface area contributed by atoms with E-state index >= 15 is 0 Å². The van der Waals surface area contributed by atoms with Gasteiger partial charge in [0.25, 0.3) is 0 Å². The third-order valence-electron chi connectivity index (χ3n) is 5.38. The summed E-state index contributed by atoms with van der Waals surface area (Å²) in [5.74, 6) is 0.945. The summed E-state index contributed by atoms with van der Waals surface area (Å²) in [5.41, 5.74) is 2.39. The van der Waals surface area contributed by atoms with E-state index in [0.717, 1.165) is 22.5 Å². The van der Waals surface area contributed by atoms with Crippen LogP contribution < -0.4 is 4.74 Å². The molecule has 2 aliphatic heterocycles. The first-order chi connectivity index (χ1) is 12.5. The van der Waals surface area contributed by atoms with Crippen LogP contribution in [-0.4, -0.2) is 28.4 Å². The van der Waals surface area contributed by atoms with Gasteiger partial charge in [0, 0.05) is 23.5 Å². The highest BCUT2D eigenvalue weighted by Gasteiger charge is 2.32. The molecule has 2 aromatic rings. The fraction of sp³-hybridized carbons (Fsp3) is 0.381. The number of ether oxygens (including phenoxy) is 1. The molecular weight excluding hydrogens is 346 g/mol. The molecule has 4 rings (SSSR count). The first kappa shape index (κ1) is 17.3. The number of aromatic hydroxyl groups is 1. The lowest BCUT2D eigenvalue weighted by Crippen LogP contribution is -2.36. The molecule has 1 saturated heterocycles. The normalized spacial score (nSPS) is 21.8. The van der Waals surface area contributed by atoms with Crippen LogP contribution in [0.25, 0.3) is 6.08 Å². The SMILES string of the molecule is Cc1ccsc1/C=C1\Oc2c(ccc(O)c2CN2CCCC[C@@H]2C)C1=O. The van der Waals surface area contributed by atoms with Gasteiger partial charge in [0.05, 0.1) is 11.1 Å². The Bertz CT molecular complexity index is 883. The van der Waals surface area contributed by atoms with Gasteiger partial charge in [0.15, 0.2) is 5.76 Å². The number of carbonyl (C=O) groups is 1. The molecule has 0 radical (unpaired) electrons. The van der Waals surface area contributed by atoms with Crippen molar-refractivity contribution in [2.45, 2.75) is 45.7 Å². The van der Waals surface area contributed by atoms with Crippen molar-refractivity contribution in [2.75, 3.05) is 6.54 Å². The van der Waals surface area contributed by atoms with Crippen molar-refractivity contribution < 1.29 is 14.6 Å². The minimum Gasteiger partial charge on any atom is -0.507 e. The number of benzene rings is 1. The zero-order chi connectivity index (χ0) is 18.3. The van der Waals surface area contributed by atoms with E-state index in [4.69, 9.17) is 4.74 Å². The van der Waals surface area contributed by atoms with Crippen LogP contribution >= 0.6 is 11.3 Å². The summed E-state index contributed by atoms with van der Waals surface area (Å²) in [6.45, 7) is 5.85. The topological polar surface area (TPSA) is 49.8 Å². The van der Waals surface area contributed by atoms with E-state index in [1.807, 2.05) is 24.4 Å². The zero-order valence-electron chi connectivity index (χ0n) is 15.1. The van der Waals surface area contributed by atoms with Crippen molar-refractivity contribution in [2.24, 2.45) is 0 Å².